The summed E-state index contributed by atoms with van der Waals surface area (Å²) in [5.74, 6) is 0. The minimum atomic E-state index is -4.63. The molecule has 13 aromatic carbocycles. The Bertz CT molecular complexity index is 8790. The number of benzene rings is 13. The van der Waals surface area contributed by atoms with Crippen LogP contribution in [0.25, 0.3) is 208 Å². The molecular formula is C106H72F12N10+4. The average molecular weight is 1710 g/mol. The number of fused-ring (bicyclic) bond motifs is 17. The molecule has 0 bridgehead atoms. The fourth-order valence-electron chi connectivity index (χ4n) is 20.7. The van der Waals surface area contributed by atoms with Crippen LogP contribution in [-0.2, 0) is 52.9 Å². The van der Waals surface area contributed by atoms with E-state index < -0.39 is 47.1 Å². The van der Waals surface area contributed by atoms with Crippen LogP contribution in [0.1, 0.15) is 45.0 Å². The first kappa shape index (κ1) is 78.9. The number of halogens is 12. The zero-order valence-electron chi connectivity index (χ0n) is 69.7. The Hall–Kier alpha value is -15.1. The van der Waals surface area contributed by atoms with Crippen LogP contribution in [0.2, 0.25) is 0 Å². The van der Waals surface area contributed by atoms with Gasteiger partial charge in [0.15, 0.2) is 17.9 Å². The van der Waals surface area contributed by atoms with Crippen molar-refractivity contribution in [3.63, 3.8) is 0 Å². The molecule has 25 rings (SSSR count). The van der Waals surface area contributed by atoms with Crippen molar-refractivity contribution in [1.29, 1.82) is 0 Å². The van der Waals surface area contributed by atoms with Crippen molar-refractivity contribution in [2.45, 2.75) is 52.4 Å². The standard InChI is InChI=1S/C29H19F3N3.2C26H18F3N2.C25H17F3N3/c1-16-19-11-7-12-21-20-10-5-6-13-23(20)35(26(19)21)25(16)27-28(29(30,31)32)33-22-14-17-8-3-4-9-18(17)15-24(22)34(27)2;1-15-23(21-8-5-7-20-19-6-3-4-9-22(19)31(15)24(20)21)25-18-11-10-17(26(27,28)29)14-16(18)12-13-30(25)2;1-15-23(20-8-5-7-19-18-6-3-4-9-22(18)31(15)24(19)20)25-21-14-17(26(27,28)29)11-10-16(21)12-13-30(25)2;1-14-21(17-9-5-8-16-15-7-3-4-12-20(15)31(14)23(16)17)24-18-10-6-11-19(25(26,27)28)22(18)29-13-30(24)2/h3-15H,1-2H3;2*3-14H,1-2H3;3-13H,1-2H3/q4*+1. The molecular weight excluding hydrogens is 1640 g/mol. The van der Waals surface area contributed by atoms with E-state index in [9.17, 15) is 52.7 Å². The normalized spacial score (nSPS) is 12.7. The zero-order valence-corrected chi connectivity index (χ0v) is 69.7. The number of hydrogen-bond acceptors (Lipinski definition) is 2. The van der Waals surface area contributed by atoms with Crippen LogP contribution < -0.4 is 18.3 Å². The number of pyridine rings is 2. The summed E-state index contributed by atoms with van der Waals surface area (Å²) < 4.78 is 181. The fourth-order valence-corrected chi connectivity index (χ4v) is 20.7. The smallest absolute Gasteiger partial charge is 0.312 e. The van der Waals surface area contributed by atoms with E-state index >= 15 is 0 Å². The van der Waals surface area contributed by atoms with Crippen molar-refractivity contribution in [3.05, 3.63) is 337 Å². The van der Waals surface area contributed by atoms with E-state index in [0.29, 0.717) is 32.9 Å². The van der Waals surface area contributed by atoms with Gasteiger partial charge in [0.05, 0.1) is 95.2 Å². The molecule has 12 heterocycles. The molecule has 25 aromatic rings. The summed E-state index contributed by atoms with van der Waals surface area (Å²) in [6, 6.07) is 84.5. The maximum absolute atomic E-state index is 14.6. The maximum Gasteiger partial charge on any atom is 0.440 e. The van der Waals surface area contributed by atoms with Crippen LogP contribution in [0, 0.1) is 27.7 Å². The van der Waals surface area contributed by atoms with E-state index in [1.165, 1.54) is 52.1 Å². The molecule has 0 N–H and O–H groups in total. The molecule has 0 amide bonds. The molecule has 0 radical (unpaired) electrons. The van der Waals surface area contributed by atoms with Crippen LogP contribution in [0.5, 0.6) is 0 Å². The van der Waals surface area contributed by atoms with Gasteiger partial charge in [-0.1, -0.05) is 182 Å². The van der Waals surface area contributed by atoms with E-state index in [1.54, 1.807) is 41.9 Å². The number of hydrogen-bond donors (Lipinski definition) is 0. The summed E-state index contributed by atoms with van der Waals surface area (Å²) in [6.07, 6.45) is -12.6. The predicted octanol–water partition coefficient (Wildman–Crippen LogP) is 26.6. The average Bonchev–Trinajstić information content (AvgIpc) is 1.57. The summed E-state index contributed by atoms with van der Waals surface area (Å²) in [6.45, 7) is 8.06. The second-order valence-corrected chi connectivity index (χ2v) is 33.2. The first-order valence-electron chi connectivity index (χ1n) is 41.5. The Morgan fingerprint density at radius 3 is 1.16 bits per heavy atom. The van der Waals surface area contributed by atoms with Crippen LogP contribution >= 0.6 is 0 Å². The summed E-state index contributed by atoms with van der Waals surface area (Å²) >= 11 is 0. The second kappa shape index (κ2) is 28.2. The second-order valence-electron chi connectivity index (χ2n) is 33.2. The molecule has 0 saturated heterocycles. The van der Waals surface area contributed by atoms with E-state index in [4.69, 9.17) is 0 Å². The van der Waals surface area contributed by atoms with Crippen molar-refractivity contribution in [2.24, 2.45) is 28.2 Å². The van der Waals surface area contributed by atoms with Gasteiger partial charge in [0.1, 0.15) is 43.6 Å². The van der Waals surface area contributed by atoms with Crippen molar-refractivity contribution < 1.29 is 71.0 Å². The fraction of sp³-hybridized carbons (Fsp3) is 0.113. The number of para-hydroxylation sites is 9. The molecule has 10 nitrogen and oxygen atoms in total. The van der Waals surface area contributed by atoms with Crippen LogP contribution in [0.3, 0.4) is 0 Å². The molecule has 0 aliphatic carbocycles. The molecule has 0 aliphatic heterocycles. The van der Waals surface area contributed by atoms with Gasteiger partial charge in [0.25, 0.3) is 12.0 Å². The SMILES string of the molecule is Cc1c(-c2c(C(F)(F)F)nc3cc4ccccc4cc3[n+]2C)n2c3ccccc3c3cccc1c32.Cc1c(-c2c3cc(C(F)(F)F)ccc3cc[n+]2C)c2cccc3c4ccccc4n1c23.Cc1c(-c2c3ccc(C(F)(F)F)cc3cc[n+]2C)c2cccc3c4ccccc4n1c23.Cc1c(-c2c3cccc(C(F)(F)F)c3nc[n+]2C)c2cccc3c4ccccc4n1c23. The molecule has 0 spiro atoms. The third-order valence-corrected chi connectivity index (χ3v) is 26.1. The molecule has 0 atom stereocenters. The first-order valence-corrected chi connectivity index (χ1v) is 41.5. The van der Waals surface area contributed by atoms with E-state index in [2.05, 4.69) is 103 Å². The van der Waals surface area contributed by atoms with Gasteiger partial charge in [-0.2, -0.15) is 57.3 Å². The minimum absolute atomic E-state index is 0.0305. The Balaban J connectivity index is 0.000000101. The Labute approximate surface area is 720 Å². The van der Waals surface area contributed by atoms with Gasteiger partial charge < -0.3 is 17.6 Å². The maximum atomic E-state index is 14.6. The van der Waals surface area contributed by atoms with Gasteiger partial charge in [0, 0.05) is 99.9 Å². The largest absolute Gasteiger partial charge is 0.440 e. The Morgan fingerprint density at radius 1 is 0.289 bits per heavy atom. The lowest BCUT2D eigenvalue weighted by molar-refractivity contribution is -0.662. The topological polar surface area (TPSA) is 58.9 Å². The summed E-state index contributed by atoms with van der Waals surface area (Å²) in [4.78, 5) is 8.39. The van der Waals surface area contributed by atoms with Crippen molar-refractivity contribution in [3.8, 4) is 45.2 Å². The first-order chi connectivity index (χ1) is 61.4. The molecule has 0 unspecified atom stereocenters. The highest BCUT2D eigenvalue weighted by atomic mass is 19.4. The lowest BCUT2D eigenvalue weighted by Crippen LogP contribution is -2.36. The van der Waals surface area contributed by atoms with E-state index in [0.717, 1.165) is 177 Å². The van der Waals surface area contributed by atoms with Gasteiger partial charge in [-0.05, 0) is 133 Å². The molecule has 0 saturated carbocycles. The Morgan fingerprint density at radius 2 is 0.680 bits per heavy atom. The predicted molar refractivity (Wildman–Crippen MR) is 483 cm³/mol. The van der Waals surface area contributed by atoms with Gasteiger partial charge in [-0.25, -0.2) is 18.7 Å². The number of rotatable bonds is 4. The quantitative estimate of drug-likeness (QED) is 0.100. The third-order valence-electron chi connectivity index (χ3n) is 26.1. The lowest BCUT2D eigenvalue weighted by atomic mass is 9.98. The highest BCUT2D eigenvalue weighted by molar-refractivity contribution is 6.23. The zero-order chi connectivity index (χ0) is 88.5. The van der Waals surface area contributed by atoms with Gasteiger partial charge in [0.2, 0.25) is 22.6 Å². The number of aryl methyl sites for hydroxylation is 8. The molecule has 0 aliphatic rings. The third kappa shape index (κ3) is 11.7. The van der Waals surface area contributed by atoms with Gasteiger partial charge in [-0.15, -0.1) is 0 Å². The summed E-state index contributed by atoms with van der Waals surface area (Å²) in [7, 11) is 7.36. The molecule has 12 aromatic heterocycles. The molecule has 0 fully saturated rings. The van der Waals surface area contributed by atoms with Gasteiger partial charge in [-0.3, -0.25) is 0 Å². The number of alkyl halides is 12. The van der Waals surface area contributed by atoms with Crippen molar-refractivity contribution in [2.75, 3.05) is 0 Å². The van der Waals surface area contributed by atoms with Crippen molar-refractivity contribution >= 4 is 163 Å². The highest BCUT2D eigenvalue weighted by Gasteiger charge is 2.45. The molecule has 626 valence electrons. The van der Waals surface area contributed by atoms with E-state index in [-0.39, 0.29) is 11.2 Å². The molecule has 22 heteroatoms. The van der Waals surface area contributed by atoms with Crippen molar-refractivity contribution in [1.82, 2.24) is 27.6 Å². The monoisotopic (exact) mass is 1710 g/mol. The minimum Gasteiger partial charge on any atom is -0.312 e. The molecule has 128 heavy (non-hydrogen) atoms. The van der Waals surface area contributed by atoms with Gasteiger partial charge >= 0.3 is 24.7 Å². The number of nitrogens with zero attached hydrogens (tertiary/aromatic N) is 10. The summed E-state index contributed by atoms with van der Waals surface area (Å²) in [5.41, 5.74) is 16.5. The Kier molecular flexibility index (Phi) is 17.4. The van der Waals surface area contributed by atoms with Crippen LogP contribution in [0.15, 0.2) is 292 Å². The number of aromatic nitrogens is 10. The summed E-state index contributed by atoms with van der Waals surface area (Å²) in [5, 5.41) is 18.3. The van der Waals surface area contributed by atoms with E-state index in [1.807, 2.05) is 206 Å². The lowest BCUT2D eigenvalue weighted by Gasteiger charge is -2.13. The van der Waals surface area contributed by atoms with Crippen LogP contribution in [0.4, 0.5) is 52.7 Å². The highest BCUT2D eigenvalue weighted by Crippen LogP contribution is 2.50. The van der Waals surface area contributed by atoms with Crippen LogP contribution in [-0.4, -0.2) is 27.6 Å².